The van der Waals surface area contributed by atoms with Gasteiger partial charge in [0.2, 0.25) is 0 Å². The number of fused-ring (bicyclic) bond motifs is 1. The predicted molar refractivity (Wildman–Crippen MR) is 83.9 cm³/mol. The highest BCUT2D eigenvalue weighted by Crippen LogP contribution is 2.27. The van der Waals surface area contributed by atoms with Crippen molar-refractivity contribution in [2.24, 2.45) is 0 Å². The molecule has 0 radical (unpaired) electrons. The van der Waals surface area contributed by atoms with Gasteiger partial charge < -0.3 is 0 Å². The van der Waals surface area contributed by atoms with Crippen LogP contribution in [0.25, 0.3) is 10.2 Å². The number of benzene rings is 1. The van der Waals surface area contributed by atoms with Crippen LogP contribution in [-0.4, -0.2) is 15.9 Å². The molecular weight excluding hydrogens is 290 g/mol. The van der Waals surface area contributed by atoms with Crippen molar-refractivity contribution >= 4 is 43.9 Å². The summed E-state index contributed by atoms with van der Waals surface area (Å²) in [5.41, 5.74) is 2.86. The Labute approximate surface area is 124 Å². The molecule has 3 aromatic rings. The Hall–Kier alpha value is -1.79. The van der Waals surface area contributed by atoms with Gasteiger partial charge in [0, 0.05) is 0 Å². The Bertz CT molecular complexity index is 804. The van der Waals surface area contributed by atoms with Crippen molar-refractivity contribution in [2.45, 2.75) is 20.8 Å². The molecule has 0 saturated carbocycles. The molecule has 0 aliphatic heterocycles. The zero-order valence-corrected chi connectivity index (χ0v) is 13.0. The summed E-state index contributed by atoms with van der Waals surface area (Å²) in [5, 5.41) is 4.38. The summed E-state index contributed by atoms with van der Waals surface area (Å²) in [5.74, 6) is -0.135. The highest BCUT2D eigenvalue weighted by molar-refractivity contribution is 7.22. The number of aromatic nitrogens is 2. The summed E-state index contributed by atoms with van der Waals surface area (Å²) in [6, 6.07) is 6.06. The number of hydrogen-bond acceptors (Lipinski definition) is 5. The average Bonchev–Trinajstić information content (AvgIpc) is 2.91. The van der Waals surface area contributed by atoms with E-state index in [1.807, 2.05) is 32.9 Å². The molecule has 0 spiro atoms. The second-order valence-electron chi connectivity index (χ2n) is 4.59. The van der Waals surface area contributed by atoms with Crippen LogP contribution in [0.2, 0.25) is 0 Å². The summed E-state index contributed by atoms with van der Waals surface area (Å²) in [7, 11) is 0. The van der Waals surface area contributed by atoms with Crippen molar-refractivity contribution < 1.29 is 4.79 Å². The van der Waals surface area contributed by atoms with E-state index in [1.165, 1.54) is 28.2 Å². The molecule has 0 fully saturated rings. The topological polar surface area (TPSA) is 54.9 Å². The number of hydrogen-bond donors (Lipinski definition) is 1. The fourth-order valence-corrected chi connectivity index (χ4v) is 3.76. The molecule has 0 atom stereocenters. The monoisotopic (exact) mass is 303 g/mol. The van der Waals surface area contributed by atoms with Crippen LogP contribution in [-0.2, 0) is 0 Å². The Balaban J connectivity index is 1.89. The lowest BCUT2D eigenvalue weighted by Crippen LogP contribution is -2.11. The van der Waals surface area contributed by atoms with Gasteiger partial charge in [-0.15, -0.1) is 11.3 Å². The van der Waals surface area contributed by atoms with Gasteiger partial charge >= 0.3 is 0 Å². The normalized spacial score (nSPS) is 10.9. The predicted octanol–water partition coefficient (Wildman–Crippen LogP) is 3.93. The lowest BCUT2D eigenvalue weighted by molar-refractivity contribution is 0.103. The lowest BCUT2D eigenvalue weighted by atomic mass is 10.2. The zero-order valence-electron chi connectivity index (χ0n) is 11.4. The van der Waals surface area contributed by atoms with Crippen molar-refractivity contribution in [1.82, 2.24) is 9.97 Å². The minimum absolute atomic E-state index is 0.135. The standard InChI is InChI=1S/C14H13N3OS2/c1-7-4-5-10-11(6-7)20-14(16-10)17-13(18)12-8(2)15-9(3)19-12/h4-6H,1-3H3,(H,16,17,18). The van der Waals surface area contributed by atoms with Crippen LogP contribution in [0.1, 0.15) is 25.9 Å². The van der Waals surface area contributed by atoms with Gasteiger partial charge in [-0.2, -0.15) is 0 Å². The Kier molecular flexibility index (Phi) is 3.27. The summed E-state index contributed by atoms with van der Waals surface area (Å²) >= 11 is 2.89. The van der Waals surface area contributed by atoms with Gasteiger partial charge in [-0.25, -0.2) is 9.97 Å². The van der Waals surface area contributed by atoms with Crippen LogP contribution in [0.5, 0.6) is 0 Å². The van der Waals surface area contributed by atoms with E-state index in [2.05, 4.69) is 21.4 Å². The molecule has 4 nitrogen and oxygen atoms in total. The van der Waals surface area contributed by atoms with E-state index in [9.17, 15) is 4.79 Å². The highest BCUT2D eigenvalue weighted by Gasteiger charge is 2.15. The van der Waals surface area contributed by atoms with E-state index in [1.54, 1.807) is 0 Å². The third-order valence-electron chi connectivity index (χ3n) is 2.87. The van der Waals surface area contributed by atoms with Gasteiger partial charge in [-0.1, -0.05) is 17.4 Å². The molecule has 0 bridgehead atoms. The molecule has 0 aliphatic rings. The number of aryl methyl sites for hydroxylation is 3. The van der Waals surface area contributed by atoms with E-state index < -0.39 is 0 Å². The Morgan fingerprint density at radius 2 is 1.95 bits per heavy atom. The van der Waals surface area contributed by atoms with Crippen LogP contribution < -0.4 is 5.32 Å². The number of anilines is 1. The van der Waals surface area contributed by atoms with Gasteiger partial charge in [0.1, 0.15) is 4.88 Å². The molecule has 6 heteroatoms. The van der Waals surface area contributed by atoms with Crippen LogP contribution in [0, 0.1) is 20.8 Å². The van der Waals surface area contributed by atoms with Gasteiger partial charge in [-0.05, 0) is 38.5 Å². The molecule has 1 N–H and O–H groups in total. The van der Waals surface area contributed by atoms with Gasteiger partial charge in [0.15, 0.2) is 5.13 Å². The first-order valence-corrected chi connectivity index (χ1v) is 7.79. The SMILES string of the molecule is Cc1ccc2nc(NC(=O)c3sc(C)nc3C)sc2c1. The number of carbonyl (C=O) groups excluding carboxylic acids is 1. The van der Waals surface area contributed by atoms with E-state index in [0.29, 0.717) is 10.0 Å². The number of thiazole rings is 2. The molecule has 0 unspecified atom stereocenters. The second kappa shape index (κ2) is 4.96. The molecule has 1 aromatic carbocycles. The first-order chi connectivity index (χ1) is 9.52. The molecule has 1 amide bonds. The largest absolute Gasteiger partial charge is 0.297 e. The maximum Gasteiger partial charge on any atom is 0.269 e. The maximum absolute atomic E-state index is 12.2. The first-order valence-electron chi connectivity index (χ1n) is 6.15. The summed E-state index contributed by atoms with van der Waals surface area (Å²) < 4.78 is 1.08. The van der Waals surface area contributed by atoms with E-state index in [0.717, 1.165) is 20.9 Å². The van der Waals surface area contributed by atoms with Crippen molar-refractivity contribution in [2.75, 3.05) is 5.32 Å². The van der Waals surface area contributed by atoms with Crippen LogP contribution in [0.15, 0.2) is 18.2 Å². The lowest BCUT2D eigenvalue weighted by Gasteiger charge is -1.98. The van der Waals surface area contributed by atoms with Crippen LogP contribution in [0.4, 0.5) is 5.13 Å². The third kappa shape index (κ3) is 2.44. The Morgan fingerprint density at radius 3 is 2.65 bits per heavy atom. The van der Waals surface area contributed by atoms with Crippen LogP contribution in [0.3, 0.4) is 0 Å². The number of nitrogens with one attached hydrogen (secondary N) is 1. The Morgan fingerprint density at radius 1 is 1.15 bits per heavy atom. The molecule has 102 valence electrons. The molecule has 0 aliphatic carbocycles. The molecule has 20 heavy (non-hydrogen) atoms. The number of rotatable bonds is 2. The van der Waals surface area contributed by atoms with Crippen molar-refractivity contribution in [3.63, 3.8) is 0 Å². The van der Waals surface area contributed by atoms with E-state index in [4.69, 9.17) is 0 Å². The van der Waals surface area contributed by atoms with Crippen molar-refractivity contribution in [1.29, 1.82) is 0 Å². The molecule has 0 saturated heterocycles. The quantitative estimate of drug-likeness (QED) is 0.780. The molecule has 2 heterocycles. The fraction of sp³-hybridized carbons (Fsp3) is 0.214. The van der Waals surface area contributed by atoms with E-state index in [-0.39, 0.29) is 5.91 Å². The summed E-state index contributed by atoms with van der Waals surface area (Å²) in [6.45, 7) is 5.79. The number of carbonyl (C=O) groups is 1. The fourth-order valence-electron chi connectivity index (χ4n) is 1.98. The molecule has 3 rings (SSSR count). The average molecular weight is 303 g/mol. The number of amides is 1. The second-order valence-corrected chi connectivity index (χ2v) is 6.83. The van der Waals surface area contributed by atoms with Crippen LogP contribution >= 0.6 is 22.7 Å². The summed E-state index contributed by atoms with van der Waals surface area (Å²) in [6.07, 6.45) is 0. The van der Waals surface area contributed by atoms with Crippen molar-refractivity contribution in [3.8, 4) is 0 Å². The minimum atomic E-state index is -0.135. The number of nitrogens with zero attached hydrogens (tertiary/aromatic N) is 2. The van der Waals surface area contributed by atoms with E-state index >= 15 is 0 Å². The minimum Gasteiger partial charge on any atom is -0.297 e. The van der Waals surface area contributed by atoms with Gasteiger partial charge in [0.25, 0.3) is 5.91 Å². The van der Waals surface area contributed by atoms with Crippen molar-refractivity contribution in [3.05, 3.63) is 39.3 Å². The smallest absolute Gasteiger partial charge is 0.269 e. The summed E-state index contributed by atoms with van der Waals surface area (Å²) in [4.78, 5) is 21.6. The highest BCUT2D eigenvalue weighted by atomic mass is 32.1. The van der Waals surface area contributed by atoms with Gasteiger partial charge in [0.05, 0.1) is 20.9 Å². The third-order valence-corrected chi connectivity index (χ3v) is 4.88. The molecular formula is C14H13N3OS2. The zero-order chi connectivity index (χ0) is 14.3. The van der Waals surface area contributed by atoms with Gasteiger partial charge in [-0.3, -0.25) is 10.1 Å². The molecule has 2 aromatic heterocycles. The maximum atomic E-state index is 12.2. The first kappa shape index (κ1) is 13.2.